The van der Waals surface area contributed by atoms with Gasteiger partial charge in [0.2, 0.25) is 0 Å². The fraction of sp³-hybridized carbons (Fsp3) is 0.571. The zero-order chi connectivity index (χ0) is 14.9. The topological polar surface area (TPSA) is 88.3 Å². The summed E-state index contributed by atoms with van der Waals surface area (Å²) in [4.78, 5) is 10.7. The third kappa shape index (κ3) is 4.87. The van der Waals surface area contributed by atoms with Crippen molar-refractivity contribution in [2.75, 3.05) is 62.3 Å². The lowest BCUT2D eigenvalue weighted by atomic mass is 10.3. The average Bonchev–Trinajstić information content (AvgIpc) is 2.53. The van der Waals surface area contributed by atoms with E-state index in [2.05, 4.69) is 32.1 Å². The predicted molar refractivity (Wildman–Crippen MR) is 85.5 cm³/mol. The van der Waals surface area contributed by atoms with E-state index in [0.717, 1.165) is 45.8 Å². The van der Waals surface area contributed by atoms with Gasteiger partial charge in [-0.15, -0.1) is 6.58 Å². The van der Waals surface area contributed by atoms with Crippen molar-refractivity contribution in [3.05, 3.63) is 19.0 Å². The van der Waals surface area contributed by atoms with Crippen molar-refractivity contribution in [1.29, 1.82) is 0 Å². The maximum absolute atomic E-state index is 6.04. The SMILES string of the molecule is C=CCNc1ncnc(NCCCN2CCOCC2)c1N. The first-order chi connectivity index (χ1) is 10.3. The zero-order valence-electron chi connectivity index (χ0n) is 12.3. The minimum atomic E-state index is 0.547. The van der Waals surface area contributed by atoms with Crippen LogP contribution in [0.25, 0.3) is 0 Å². The van der Waals surface area contributed by atoms with E-state index < -0.39 is 0 Å². The number of nitrogens with one attached hydrogen (secondary N) is 2. The molecule has 116 valence electrons. The molecule has 4 N–H and O–H groups in total. The molecule has 0 atom stereocenters. The number of nitrogens with zero attached hydrogens (tertiary/aromatic N) is 3. The van der Waals surface area contributed by atoms with Gasteiger partial charge in [-0.3, -0.25) is 4.90 Å². The van der Waals surface area contributed by atoms with Gasteiger partial charge in [0.05, 0.1) is 13.2 Å². The summed E-state index contributed by atoms with van der Waals surface area (Å²) >= 11 is 0. The largest absolute Gasteiger partial charge is 0.393 e. The Hall–Kier alpha value is -1.86. The predicted octanol–water partition coefficient (Wildman–Crippen LogP) is 0.791. The van der Waals surface area contributed by atoms with E-state index in [1.807, 2.05) is 0 Å². The van der Waals surface area contributed by atoms with Crippen LogP contribution < -0.4 is 16.4 Å². The highest BCUT2D eigenvalue weighted by Crippen LogP contribution is 2.21. The molecule has 7 nitrogen and oxygen atoms in total. The van der Waals surface area contributed by atoms with Crippen molar-refractivity contribution < 1.29 is 4.74 Å². The first kappa shape index (κ1) is 15.5. The van der Waals surface area contributed by atoms with Gasteiger partial charge < -0.3 is 21.1 Å². The van der Waals surface area contributed by atoms with Crippen molar-refractivity contribution in [3.8, 4) is 0 Å². The Morgan fingerprint density at radius 1 is 1.29 bits per heavy atom. The molecule has 0 unspecified atom stereocenters. The van der Waals surface area contributed by atoms with Crippen LogP contribution in [0.1, 0.15) is 6.42 Å². The third-order valence-electron chi connectivity index (χ3n) is 3.35. The van der Waals surface area contributed by atoms with Crippen molar-refractivity contribution in [3.63, 3.8) is 0 Å². The molecule has 2 heterocycles. The number of morpholine rings is 1. The molecule has 7 heteroatoms. The fourth-order valence-corrected chi connectivity index (χ4v) is 2.18. The second kappa shape index (κ2) is 8.43. The molecule has 1 aromatic rings. The van der Waals surface area contributed by atoms with Crippen molar-refractivity contribution in [2.24, 2.45) is 0 Å². The number of nitrogen functional groups attached to an aromatic ring is 1. The number of aromatic nitrogens is 2. The quantitative estimate of drug-likeness (QED) is 0.482. The molecular formula is C14H24N6O. The second-order valence-electron chi connectivity index (χ2n) is 4.89. The van der Waals surface area contributed by atoms with Crippen LogP contribution >= 0.6 is 0 Å². The zero-order valence-corrected chi connectivity index (χ0v) is 12.3. The van der Waals surface area contributed by atoms with Crippen molar-refractivity contribution >= 4 is 17.3 Å². The average molecular weight is 292 g/mol. The molecule has 0 radical (unpaired) electrons. The summed E-state index contributed by atoms with van der Waals surface area (Å²) < 4.78 is 5.33. The normalized spacial score (nSPS) is 15.6. The molecule has 1 saturated heterocycles. The van der Waals surface area contributed by atoms with Crippen LogP contribution in [0.15, 0.2) is 19.0 Å². The first-order valence-electron chi connectivity index (χ1n) is 7.30. The highest BCUT2D eigenvalue weighted by Gasteiger charge is 2.10. The van der Waals surface area contributed by atoms with Crippen LogP contribution in [0.5, 0.6) is 0 Å². The van der Waals surface area contributed by atoms with Gasteiger partial charge in [0.25, 0.3) is 0 Å². The lowest BCUT2D eigenvalue weighted by Crippen LogP contribution is -2.37. The van der Waals surface area contributed by atoms with Crippen molar-refractivity contribution in [2.45, 2.75) is 6.42 Å². The van der Waals surface area contributed by atoms with E-state index in [4.69, 9.17) is 10.5 Å². The summed E-state index contributed by atoms with van der Waals surface area (Å²) in [5, 5.41) is 6.36. The Morgan fingerprint density at radius 2 is 2.00 bits per heavy atom. The maximum atomic E-state index is 6.04. The van der Waals surface area contributed by atoms with Gasteiger partial charge in [-0.05, 0) is 13.0 Å². The fourth-order valence-electron chi connectivity index (χ4n) is 2.18. The monoisotopic (exact) mass is 292 g/mol. The Labute approximate surface area is 125 Å². The molecule has 0 spiro atoms. The molecule has 0 bridgehead atoms. The summed E-state index contributed by atoms with van der Waals surface area (Å²) in [6.07, 6.45) is 4.31. The smallest absolute Gasteiger partial charge is 0.155 e. The van der Waals surface area contributed by atoms with Crippen LogP contribution in [0.3, 0.4) is 0 Å². The molecule has 0 aromatic carbocycles. The second-order valence-corrected chi connectivity index (χ2v) is 4.89. The number of nitrogens with two attached hydrogens (primary N) is 1. The number of rotatable bonds is 8. The summed E-state index contributed by atoms with van der Waals surface area (Å²) in [5.74, 6) is 1.32. The summed E-state index contributed by atoms with van der Waals surface area (Å²) in [5.41, 5.74) is 6.58. The maximum Gasteiger partial charge on any atom is 0.155 e. The summed E-state index contributed by atoms with van der Waals surface area (Å²) in [6, 6.07) is 0. The Kier molecular flexibility index (Phi) is 6.23. The minimum absolute atomic E-state index is 0.547. The van der Waals surface area contributed by atoms with E-state index in [-0.39, 0.29) is 0 Å². The van der Waals surface area contributed by atoms with Crippen LogP contribution in [0, 0.1) is 0 Å². The molecule has 1 fully saturated rings. The molecule has 0 amide bonds. The van der Waals surface area contributed by atoms with Gasteiger partial charge in [-0.25, -0.2) is 9.97 Å². The van der Waals surface area contributed by atoms with Crippen LogP contribution in [-0.2, 0) is 4.74 Å². The summed E-state index contributed by atoms with van der Waals surface area (Å²) in [6.45, 7) is 9.89. The molecule has 0 aliphatic carbocycles. The molecule has 1 aliphatic rings. The van der Waals surface area contributed by atoms with E-state index in [1.54, 1.807) is 6.08 Å². The molecular weight excluding hydrogens is 268 g/mol. The molecule has 1 aliphatic heterocycles. The third-order valence-corrected chi connectivity index (χ3v) is 3.35. The molecule has 1 aromatic heterocycles. The van der Waals surface area contributed by atoms with Crippen molar-refractivity contribution in [1.82, 2.24) is 14.9 Å². The van der Waals surface area contributed by atoms with E-state index in [9.17, 15) is 0 Å². The Bertz CT molecular complexity index is 447. The van der Waals surface area contributed by atoms with Crippen LogP contribution in [0.4, 0.5) is 17.3 Å². The minimum Gasteiger partial charge on any atom is -0.393 e. The van der Waals surface area contributed by atoms with Gasteiger partial charge in [-0.2, -0.15) is 0 Å². The van der Waals surface area contributed by atoms with Gasteiger partial charge in [0.1, 0.15) is 12.0 Å². The van der Waals surface area contributed by atoms with Crippen LogP contribution in [0.2, 0.25) is 0 Å². The summed E-state index contributed by atoms with van der Waals surface area (Å²) in [7, 11) is 0. The number of anilines is 3. The Balaban J connectivity index is 1.75. The van der Waals surface area contributed by atoms with Gasteiger partial charge in [0.15, 0.2) is 11.6 Å². The molecule has 0 saturated carbocycles. The number of hydrogen-bond donors (Lipinski definition) is 3. The van der Waals surface area contributed by atoms with E-state index in [1.165, 1.54) is 6.33 Å². The molecule has 21 heavy (non-hydrogen) atoms. The highest BCUT2D eigenvalue weighted by atomic mass is 16.5. The number of hydrogen-bond acceptors (Lipinski definition) is 7. The lowest BCUT2D eigenvalue weighted by Gasteiger charge is -2.26. The number of ether oxygens (including phenoxy) is 1. The standard InChI is InChI=1S/C14H24N6O/c1-2-4-16-13-12(15)14(19-11-18-13)17-5-3-6-20-7-9-21-10-8-20/h2,11H,1,3-10,15H2,(H2,16,17,18,19). The van der Waals surface area contributed by atoms with Gasteiger partial charge >= 0.3 is 0 Å². The first-order valence-corrected chi connectivity index (χ1v) is 7.30. The van der Waals surface area contributed by atoms with Gasteiger partial charge in [0, 0.05) is 26.2 Å². The van der Waals surface area contributed by atoms with E-state index >= 15 is 0 Å². The van der Waals surface area contributed by atoms with Crippen LogP contribution in [-0.4, -0.2) is 60.8 Å². The molecule has 2 rings (SSSR count). The lowest BCUT2D eigenvalue weighted by molar-refractivity contribution is 0.0378. The van der Waals surface area contributed by atoms with Gasteiger partial charge in [-0.1, -0.05) is 6.08 Å². The Morgan fingerprint density at radius 3 is 2.71 bits per heavy atom. The highest BCUT2D eigenvalue weighted by molar-refractivity contribution is 5.73. The van der Waals surface area contributed by atoms with E-state index in [0.29, 0.717) is 23.9 Å².